The number of anilines is 1. The lowest BCUT2D eigenvalue weighted by Crippen LogP contribution is -2.11. The van der Waals surface area contributed by atoms with Gasteiger partial charge >= 0.3 is 0 Å². The van der Waals surface area contributed by atoms with Crippen LogP contribution >= 0.6 is 0 Å². The van der Waals surface area contributed by atoms with Gasteiger partial charge in [0.25, 0.3) is 5.69 Å². The van der Waals surface area contributed by atoms with E-state index in [-0.39, 0.29) is 5.69 Å². The highest BCUT2D eigenvalue weighted by atomic mass is 16.6. The SMILES string of the molecule is C=C(C)COCCNc1ncnc2ccc([N+](=O)[O-])cc12. The summed E-state index contributed by atoms with van der Waals surface area (Å²) in [5.74, 6) is 0.558. The molecule has 1 aromatic carbocycles. The number of nitro benzene ring substituents is 1. The number of nitro groups is 1. The van der Waals surface area contributed by atoms with E-state index in [1.807, 2.05) is 6.92 Å². The summed E-state index contributed by atoms with van der Waals surface area (Å²) in [6.45, 7) is 7.19. The van der Waals surface area contributed by atoms with Gasteiger partial charge in [-0.2, -0.15) is 0 Å². The molecule has 1 aromatic heterocycles. The molecule has 1 N–H and O–H groups in total. The third-order valence-corrected chi connectivity index (χ3v) is 2.72. The van der Waals surface area contributed by atoms with E-state index >= 15 is 0 Å². The number of non-ortho nitro benzene ring substituents is 1. The van der Waals surface area contributed by atoms with E-state index < -0.39 is 4.92 Å². The molecule has 21 heavy (non-hydrogen) atoms. The third-order valence-electron chi connectivity index (χ3n) is 2.72. The molecule has 0 aliphatic carbocycles. The van der Waals surface area contributed by atoms with Crippen molar-refractivity contribution < 1.29 is 9.66 Å². The first-order chi connectivity index (χ1) is 10.1. The van der Waals surface area contributed by atoms with E-state index in [1.54, 1.807) is 6.07 Å². The summed E-state index contributed by atoms with van der Waals surface area (Å²) in [6.07, 6.45) is 1.42. The summed E-state index contributed by atoms with van der Waals surface area (Å²) in [6, 6.07) is 4.50. The molecule has 7 nitrogen and oxygen atoms in total. The fraction of sp³-hybridized carbons (Fsp3) is 0.286. The third kappa shape index (κ3) is 3.96. The summed E-state index contributed by atoms with van der Waals surface area (Å²) >= 11 is 0. The predicted molar refractivity (Wildman–Crippen MR) is 80.3 cm³/mol. The summed E-state index contributed by atoms with van der Waals surface area (Å²) < 4.78 is 5.38. The first-order valence-electron chi connectivity index (χ1n) is 6.43. The van der Waals surface area contributed by atoms with Gasteiger partial charge in [0.15, 0.2) is 0 Å². The summed E-state index contributed by atoms with van der Waals surface area (Å²) in [5, 5.41) is 14.6. The van der Waals surface area contributed by atoms with E-state index in [9.17, 15) is 10.1 Å². The summed E-state index contributed by atoms with van der Waals surface area (Å²) in [5.41, 5.74) is 1.62. The predicted octanol–water partition coefficient (Wildman–Crippen LogP) is 2.54. The fourth-order valence-electron chi connectivity index (χ4n) is 1.79. The van der Waals surface area contributed by atoms with Crippen LogP contribution in [0.15, 0.2) is 36.7 Å². The molecule has 0 amide bonds. The Hall–Kier alpha value is -2.54. The second kappa shape index (κ2) is 6.76. The maximum absolute atomic E-state index is 10.8. The number of hydrogen-bond donors (Lipinski definition) is 1. The molecule has 0 unspecified atom stereocenters. The van der Waals surface area contributed by atoms with Crippen LogP contribution in [0.4, 0.5) is 11.5 Å². The van der Waals surface area contributed by atoms with Gasteiger partial charge in [0.05, 0.1) is 23.7 Å². The zero-order valence-corrected chi connectivity index (χ0v) is 11.7. The van der Waals surface area contributed by atoms with E-state index in [2.05, 4.69) is 21.9 Å². The molecule has 0 atom stereocenters. The van der Waals surface area contributed by atoms with E-state index in [0.717, 1.165) is 5.57 Å². The Labute approximate surface area is 121 Å². The molecule has 0 saturated carbocycles. The van der Waals surface area contributed by atoms with Crippen molar-refractivity contribution in [2.45, 2.75) is 6.92 Å². The zero-order chi connectivity index (χ0) is 15.2. The lowest BCUT2D eigenvalue weighted by Gasteiger charge is -2.08. The lowest BCUT2D eigenvalue weighted by atomic mass is 10.2. The van der Waals surface area contributed by atoms with E-state index in [0.29, 0.717) is 36.5 Å². The van der Waals surface area contributed by atoms with Crippen LogP contribution in [0.3, 0.4) is 0 Å². The highest BCUT2D eigenvalue weighted by Crippen LogP contribution is 2.23. The molecule has 0 radical (unpaired) electrons. The Bertz CT molecular complexity index is 672. The summed E-state index contributed by atoms with van der Waals surface area (Å²) in [7, 11) is 0. The molecular weight excluding hydrogens is 272 g/mol. The normalized spacial score (nSPS) is 10.5. The van der Waals surface area contributed by atoms with E-state index in [4.69, 9.17) is 4.74 Å². The van der Waals surface area contributed by atoms with Crippen molar-refractivity contribution in [3.8, 4) is 0 Å². The lowest BCUT2D eigenvalue weighted by molar-refractivity contribution is -0.384. The molecule has 0 spiro atoms. The fourth-order valence-corrected chi connectivity index (χ4v) is 1.79. The molecule has 1 heterocycles. The minimum absolute atomic E-state index is 0.0129. The Balaban J connectivity index is 2.10. The maximum Gasteiger partial charge on any atom is 0.270 e. The molecule has 0 aliphatic rings. The summed E-state index contributed by atoms with van der Waals surface area (Å²) in [4.78, 5) is 18.6. The van der Waals surface area contributed by atoms with Gasteiger partial charge in [-0.15, -0.1) is 0 Å². The van der Waals surface area contributed by atoms with Crippen molar-refractivity contribution in [2.75, 3.05) is 25.1 Å². The highest BCUT2D eigenvalue weighted by molar-refractivity contribution is 5.90. The van der Waals surface area contributed by atoms with Crippen LogP contribution in [-0.2, 0) is 4.74 Å². The second-order valence-corrected chi connectivity index (χ2v) is 4.62. The largest absolute Gasteiger partial charge is 0.375 e. The molecule has 110 valence electrons. The Morgan fingerprint density at radius 2 is 2.29 bits per heavy atom. The number of fused-ring (bicyclic) bond motifs is 1. The minimum Gasteiger partial charge on any atom is -0.375 e. The smallest absolute Gasteiger partial charge is 0.270 e. The molecular formula is C14H16N4O3. The second-order valence-electron chi connectivity index (χ2n) is 4.62. The van der Waals surface area contributed by atoms with Crippen LogP contribution in [0.2, 0.25) is 0 Å². The van der Waals surface area contributed by atoms with Crippen LogP contribution in [-0.4, -0.2) is 34.6 Å². The van der Waals surface area contributed by atoms with Crippen molar-refractivity contribution in [1.82, 2.24) is 9.97 Å². The van der Waals surface area contributed by atoms with Crippen LogP contribution in [0, 0.1) is 10.1 Å². The van der Waals surface area contributed by atoms with Crippen molar-refractivity contribution in [3.05, 3.63) is 46.8 Å². The molecule has 0 fully saturated rings. The van der Waals surface area contributed by atoms with Crippen molar-refractivity contribution in [1.29, 1.82) is 0 Å². The van der Waals surface area contributed by atoms with Gasteiger partial charge in [-0.1, -0.05) is 12.2 Å². The first-order valence-corrected chi connectivity index (χ1v) is 6.43. The number of rotatable bonds is 7. The minimum atomic E-state index is -0.438. The van der Waals surface area contributed by atoms with Crippen molar-refractivity contribution in [3.63, 3.8) is 0 Å². The number of nitrogens with zero attached hydrogens (tertiary/aromatic N) is 3. The average molecular weight is 288 g/mol. The van der Waals surface area contributed by atoms with Crippen LogP contribution in [0.5, 0.6) is 0 Å². The Morgan fingerprint density at radius 3 is 3.00 bits per heavy atom. The number of nitrogens with one attached hydrogen (secondary N) is 1. The van der Waals surface area contributed by atoms with Gasteiger partial charge in [0.1, 0.15) is 12.1 Å². The van der Waals surface area contributed by atoms with Crippen molar-refractivity contribution >= 4 is 22.4 Å². The molecule has 7 heteroatoms. The van der Waals surface area contributed by atoms with Gasteiger partial charge < -0.3 is 10.1 Å². The van der Waals surface area contributed by atoms with E-state index in [1.165, 1.54) is 18.5 Å². The van der Waals surface area contributed by atoms with Gasteiger partial charge in [0.2, 0.25) is 0 Å². The monoisotopic (exact) mass is 288 g/mol. The highest BCUT2D eigenvalue weighted by Gasteiger charge is 2.10. The zero-order valence-electron chi connectivity index (χ0n) is 11.7. The maximum atomic E-state index is 10.8. The molecule has 2 aromatic rings. The molecule has 0 aliphatic heterocycles. The van der Waals surface area contributed by atoms with Gasteiger partial charge in [-0.25, -0.2) is 9.97 Å². The van der Waals surface area contributed by atoms with Crippen molar-refractivity contribution in [2.24, 2.45) is 0 Å². The number of hydrogen-bond acceptors (Lipinski definition) is 6. The molecule has 2 rings (SSSR count). The number of aromatic nitrogens is 2. The molecule has 0 bridgehead atoms. The Kier molecular flexibility index (Phi) is 4.78. The number of benzene rings is 1. The topological polar surface area (TPSA) is 90.2 Å². The standard InChI is InChI=1S/C14H16N4O3/c1-10(2)8-21-6-5-15-14-12-7-11(18(19)20)3-4-13(12)16-9-17-14/h3-4,7,9H,1,5-6,8H2,2H3,(H,15,16,17). The quantitative estimate of drug-likeness (QED) is 0.364. The van der Waals surface area contributed by atoms with Crippen LogP contribution < -0.4 is 5.32 Å². The average Bonchev–Trinajstić information content (AvgIpc) is 2.46. The number of ether oxygens (including phenoxy) is 1. The van der Waals surface area contributed by atoms with Gasteiger partial charge in [-0.3, -0.25) is 10.1 Å². The first kappa shape index (κ1) is 14.9. The van der Waals surface area contributed by atoms with Gasteiger partial charge in [-0.05, 0) is 13.0 Å². The Morgan fingerprint density at radius 1 is 1.48 bits per heavy atom. The molecule has 0 saturated heterocycles. The van der Waals surface area contributed by atoms with Crippen LogP contribution in [0.1, 0.15) is 6.92 Å². The van der Waals surface area contributed by atoms with Crippen LogP contribution in [0.25, 0.3) is 10.9 Å². The van der Waals surface area contributed by atoms with Gasteiger partial charge in [0, 0.05) is 24.1 Å².